The van der Waals surface area contributed by atoms with Gasteiger partial charge in [0, 0.05) is 29.1 Å². The molecule has 0 aliphatic heterocycles. The second-order valence-electron chi connectivity index (χ2n) is 3.26. The fraction of sp³-hybridized carbons (Fsp3) is 0.273. The molecule has 0 aliphatic carbocycles. The maximum atomic E-state index is 12.0. The molecule has 0 unspecified atom stereocenters. The lowest BCUT2D eigenvalue weighted by molar-refractivity contribution is 0.649. The van der Waals surface area contributed by atoms with E-state index in [0.717, 1.165) is 10.7 Å². The molecular weight excluding hydrogens is 349 g/mol. The van der Waals surface area contributed by atoms with Crippen LogP contribution in [-0.4, -0.2) is 14.3 Å². The van der Waals surface area contributed by atoms with E-state index >= 15 is 0 Å². The van der Waals surface area contributed by atoms with Crippen LogP contribution in [0.4, 0.5) is 0 Å². The average Bonchev–Trinajstić information content (AvgIpc) is 2.94. The monoisotopic (exact) mass is 359 g/mol. The van der Waals surface area contributed by atoms with Gasteiger partial charge >= 0.3 is 5.69 Å². The van der Waals surface area contributed by atoms with Gasteiger partial charge < -0.3 is 0 Å². The van der Waals surface area contributed by atoms with Crippen molar-refractivity contribution in [2.24, 2.45) is 0 Å². The number of thiophene rings is 1. The van der Waals surface area contributed by atoms with Crippen molar-refractivity contribution in [3.8, 4) is 20.5 Å². The molecular formula is C11H10IN3OS. The lowest BCUT2D eigenvalue weighted by Gasteiger charge is -1.97. The minimum absolute atomic E-state index is 0.102. The van der Waals surface area contributed by atoms with Gasteiger partial charge in [0.25, 0.3) is 0 Å². The Morgan fingerprint density at radius 1 is 1.59 bits per heavy atom. The van der Waals surface area contributed by atoms with Crippen molar-refractivity contribution in [1.82, 2.24) is 14.3 Å². The highest BCUT2D eigenvalue weighted by Gasteiger charge is 2.13. The van der Waals surface area contributed by atoms with E-state index in [-0.39, 0.29) is 5.69 Å². The van der Waals surface area contributed by atoms with Gasteiger partial charge in [0.15, 0.2) is 5.82 Å². The number of rotatable bonds is 3. The van der Waals surface area contributed by atoms with E-state index in [0.29, 0.717) is 13.1 Å². The number of halogens is 1. The fourth-order valence-electron chi connectivity index (χ4n) is 1.52. The van der Waals surface area contributed by atoms with Crippen LogP contribution in [0.5, 0.6) is 0 Å². The van der Waals surface area contributed by atoms with Gasteiger partial charge in [0.2, 0.25) is 0 Å². The Balaban J connectivity index is 2.52. The van der Waals surface area contributed by atoms with Crippen LogP contribution in [0.2, 0.25) is 0 Å². The maximum Gasteiger partial charge on any atom is 0.347 e. The standard InChI is InChI=1S/C11H10IN3OS/c1-2-14-10(9-5-3-8-17-9)13-15(11(14)16)7-4-6-12/h3,5,8H,2,7H2,1H3. The Kier molecular flexibility index (Phi) is 4.02. The minimum Gasteiger partial charge on any atom is -0.275 e. The van der Waals surface area contributed by atoms with Crippen LogP contribution in [0.25, 0.3) is 10.7 Å². The first-order valence-electron chi connectivity index (χ1n) is 5.08. The van der Waals surface area contributed by atoms with Crippen LogP contribution in [-0.2, 0) is 13.1 Å². The van der Waals surface area contributed by atoms with Crippen LogP contribution in [0.3, 0.4) is 0 Å². The zero-order chi connectivity index (χ0) is 12.3. The first-order valence-corrected chi connectivity index (χ1v) is 7.03. The summed E-state index contributed by atoms with van der Waals surface area (Å²) in [6.07, 6.45) is 0. The molecule has 6 heteroatoms. The summed E-state index contributed by atoms with van der Waals surface area (Å²) in [6.45, 7) is 2.89. The SMILES string of the molecule is CCn1c(-c2cccs2)nn(CC#CI)c1=O. The Hall–Kier alpha value is -1.07. The van der Waals surface area contributed by atoms with Gasteiger partial charge in [0.1, 0.15) is 6.54 Å². The molecule has 0 aromatic carbocycles. The van der Waals surface area contributed by atoms with E-state index in [1.54, 1.807) is 15.9 Å². The molecule has 2 aromatic heterocycles. The third-order valence-electron chi connectivity index (χ3n) is 2.28. The third-order valence-corrected chi connectivity index (χ3v) is 3.52. The van der Waals surface area contributed by atoms with Crippen molar-refractivity contribution in [2.75, 3.05) is 0 Å². The Morgan fingerprint density at radius 2 is 2.41 bits per heavy atom. The Morgan fingerprint density at radius 3 is 3.00 bits per heavy atom. The van der Waals surface area contributed by atoms with E-state index in [1.165, 1.54) is 4.68 Å². The molecule has 0 aliphatic rings. The van der Waals surface area contributed by atoms with Crippen LogP contribution in [0.1, 0.15) is 6.92 Å². The first kappa shape index (κ1) is 12.4. The number of nitrogens with zero attached hydrogens (tertiary/aromatic N) is 3. The number of aromatic nitrogens is 3. The molecule has 2 rings (SSSR count). The van der Waals surface area contributed by atoms with E-state index in [4.69, 9.17) is 0 Å². The predicted molar refractivity (Wildman–Crippen MR) is 77.3 cm³/mol. The average molecular weight is 359 g/mol. The van der Waals surface area contributed by atoms with Crippen molar-refractivity contribution in [1.29, 1.82) is 0 Å². The van der Waals surface area contributed by atoms with Crippen LogP contribution >= 0.6 is 33.9 Å². The highest BCUT2D eigenvalue weighted by molar-refractivity contribution is 14.1. The quantitative estimate of drug-likeness (QED) is 0.623. The molecule has 0 N–H and O–H groups in total. The molecule has 0 amide bonds. The molecule has 0 radical (unpaired) electrons. The lowest BCUT2D eigenvalue weighted by Crippen LogP contribution is -2.24. The Bertz CT molecular complexity index is 615. The summed E-state index contributed by atoms with van der Waals surface area (Å²) < 4.78 is 5.81. The molecule has 2 heterocycles. The molecule has 2 aromatic rings. The van der Waals surface area contributed by atoms with Crippen molar-refractivity contribution >= 4 is 33.9 Å². The highest BCUT2D eigenvalue weighted by atomic mass is 127. The zero-order valence-electron chi connectivity index (χ0n) is 9.18. The summed E-state index contributed by atoms with van der Waals surface area (Å²) in [6, 6.07) is 3.92. The van der Waals surface area contributed by atoms with E-state index in [9.17, 15) is 4.79 Å². The van der Waals surface area contributed by atoms with E-state index in [2.05, 4.69) is 14.9 Å². The summed E-state index contributed by atoms with van der Waals surface area (Å²) in [5.74, 6) is 3.57. The zero-order valence-corrected chi connectivity index (χ0v) is 12.2. The maximum absolute atomic E-state index is 12.0. The van der Waals surface area contributed by atoms with Crippen molar-refractivity contribution in [3.05, 3.63) is 28.0 Å². The predicted octanol–water partition coefficient (Wildman–Crippen LogP) is 2.19. The van der Waals surface area contributed by atoms with Gasteiger partial charge in [-0.3, -0.25) is 4.57 Å². The van der Waals surface area contributed by atoms with Crippen molar-refractivity contribution in [2.45, 2.75) is 20.0 Å². The smallest absolute Gasteiger partial charge is 0.275 e. The van der Waals surface area contributed by atoms with Gasteiger partial charge in [-0.1, -0.05) is 12.0 Å². The van der Waals surface area contributed by atoms with Crippen LogP contribution in [0, 0.1) is 9.85 Å². The molecule has 17 heavy (non-hydrogen) atoms. The van der Waals surface area contributed by atoms with Gasteiger partial charge in [0.05, 0.1) is 4.88 Å². The lowest BCUT2D eigenvalue weighted by atomic mass is 10.4. The third kappa shape index (κ3) is 2.45. The van der Waals surface area contributed by atoms with E-state index in [1.807, 2.05) is 47.0 Å². The minimum atomic E-state index is -0.102. The van der Waals surface area contributed by atoms with Crippen LogP contribution < -0.4 is 5.69 Å². The van der Waals surface area contributed by atoms with Crippen LogP contribution in [0.15, 0.2) is 22.3 Å². The molecule has 0 bridgehead atoms. The van der Waals surface area contributed by atoms with Gasteiger partial charge in [-0.2, -0.15) is 0 Å². The molecule has 0 atom stereocenters. The largest absolute Gasteiger partial charge is 0.347 e. The Labute approximate surface area is 116 Å². The van der Waals surface area contributed by atoms with Crippen molar-refractivity contribution < 1.29 is 0 Å². The summed E-state index contributed by atoms with van der Waals surface area (Å²) in [5.41, 5.74) is -0.102. The fourth-order valence-corrected chi connectivity index (χ4v) is 2.41. The van der Waals surface area contributed by atoms with Gasteiger partial charge in [-0.15, -0.1) is 16.4 Å². The number of hydrogen-bond donors (Lipinski definition) is 0. The molecule has 4 nitrogen and oxygen atoms in total. The second-order valence-corrected chi connectivity index (χ2v) is 4.74. The highest BCUT2D eigenvalue weighted by Crippen LogP contribution is 2.21. The molecule has 0 fully saturated rings. The van der Waals surface area contributed by atoms with Crippen molar-refractivity contribution in [3.63, 3.8) is 0 Å². The summed E-state index contributed by atoms with van der Waals surface area (Å²) >= 11 is 3.53. The number of hydrogen-bond acceptors (Lipinski definition) is 3. The molecule has 88 valence electrons. The summed E-state index contributed by atoms with van der Waals surface area (Å²) in [5, 5.41) is 6.31. The van der Waals surface area contributed by atoms with Gasteiger partial charge in [-0.25, -0.2) is 9.48 Å². The summed E-state index contributed by atoms with van der Waals surface area (Å²) in [7, 11) is 0. The first-order chi connectivity index (χ1) is 8.27. The topological polar surface area (TPSA) is 39.8 Å². The second kappa shape index (κ2) is 5.51. The molecule has 0 saturated carbocycles. The summed E-state index contributed by atoms with van der Waals surface area (Å²) in [4.78, 5) is 13.0. The normalized spacial score (nSPS) is 10.0. The molecule has 0 spiro atoms. The van der Waals surface area contributed by atoms with E-state index < -0.39 is 0 Å². The molecule has 0 saturated heterocycles. The van der Waals surface area contributed by atoms with Gasteiger partial charge in [-0.05, 0) is 22.3 Å².